The summed E-state index contributed by atoms with van der Waals surface area (Å²) in [6.07, 6.45) is 0. The fourth-order valence-electron chi connectivity index (χ4n) is 9.41. The van der Waals surface area contributed by atoms with Crippen LogP contribution in [0.15, 0.2) is 224 Å². The van der Waals surface area contributed by atoms with Crippen molar-refractivity contribution in [3.05, 3.63) is 224 Å². The molecule has 10 aromatic carbocycles. The largest absolute Gasteiger partial charge is 0.309 e. The van der Waals surface area contributed by atoms with Gasteiger partial charge >= 0.3 is 0 Å². The Balaban J connectivity index is 1.20. The predicted molar refractivity (Wildman–Crippen MR) is 256 cm³/mol. The summed E-state index contributed by atoms with van der Waals surface area (Å²) < 4.78 is 2.46. The molecule has 0 unspecified atom stereocenters. The first-order valence-corrected chi connectivity index (χ1v) is 20.8. The summed E-state index contributed by atoms with van der Waals surface area (Å²) >= 11 is 0. The highest BCUT2D eigenvalue weighted by molar-refractivity contribution is 6.29. The van der Waals surface area contributed by atoms with E-state index in [0.717, 1.165) is 55.9 Å². The smallest absolute Gasteiger partial charge is 0.161 e. The highest BCUT2D eigenvalue weighted by Gasteiger charge is 2.22. The second kappa shape index (κ2) is 14.3. The summed E-state index contributed by atoms with van der Waals surface area (Å²) in [5.74, 6) is 0.684. The first-order chi connectivity index (χ1) is 30.3. The maximum absolute atomic E-state index is 5.35. The van der Waals surface area contributed by atoms with Gasteiger partial charge in [0.1, 0.15) is 0 Å². The molecule has 3 nitrogen and oxygen atoms in total. The van der Waals surface area contributed by atoms with Crippen molar-refractivity contribution in [2.75, 3.05) is 0 Å². The van der Waals surface area contributed by atoms with Gasteiger partial charge in [0.15, 0.2) is 5.82 Å². The van der Waals surface area contributed by atoms with Crippen LogP contribution in [-0.4, -0.2) is 14.5 Å². The third kappa shape index (κ3) is 5.82. The van der Waals surface area contributed by atoms with E-state index in [0.29, 0.717) is 5.82 Å². The minimum atomic E-state index is 0.684. The van der Waals surface area contributed by atoms with E-state index in [1.807, 2.05) is 12.1 Å². The van der Waals surface area contributed by atoms with Crippen molar-refractivity contribution in [3.63, 3.8) is 0 Å². The number of para-hydroxylation sites is 1. The van der Waals surface area contributed by atoms with Crippen LogP contribution < -0.4 is 0 Å². The summed E-state index contributed by atoms with van der Waals surface area (Å²) in [4.78, 5) is 10.7. The molecule has 61 heavy (non-hydrogen) atoms. The van der Waals surface area contributed by atoms with E-state index in [1.165, 1.54) is 54.2 Å². The molecule has 3 heteroatoms. The average molecular weight is 776 g/mol. The van der Waals surface area contributed by atoms with Crippen molar-refractivity contribution in [1.29, 1.82) is 0 Å². The molecule has 2 heterocycles. The van der Waals surface area contributed by atoms with Crippen molar-refractivity contribution in [3.8, 4) is 61.8 Å². The van der Waals surface area contributed by atoms with E-state index in [2.05, 4.69) is 217 Å². The third-order valence-electron chi connectivity index (χ3n) is 12.2. The van der Waals surface area contributed by atoms with Crippen LogP contribution in [0.3, 0.4) is 0 Å². The van der Waals surface area contributed by atoms with E-state index in [9.17, 15) is 0 Å². The number of benzene rings is 10. The Morgan fingerprint density at radius 3 is 1.43 bits per heavy atom. The van der Waals surface area contributed by atoms with Gasteiger partial charge in [-0.3, -0.25) is 0 Å². The summed E-state index contributed by atoms with van der Waals surface area (Å²) in [5.41, 5.74) is 12.8. The minimum Gasteiger partial charge on any atom is -0.309 e. The fraction of sp³-hybridized carbons (Fsp3) is 0. The van der Waals surface area contributed by atoms with Crippen LogP contribution in [0, 0.1) is 0 Å². The molecule has 0 N–H and O–H groups in total. The van der Waals surface area contributed by atoms with Gasteiger partial charge in [-0.15, -0.1) is 0 Å². The minimum absolute atomic E-state index is 0.684. The zero-order valence-corrected chi connectivity index (χ0v) is 33.2. The van der Waals surface area contributed by atoms with Gasteiger partial charge in [-0.25, -0.2) is 9.97 Å². The van der Waals surface area contributed by atoms with E-state index >= 15 is 0 Å². The second-order valence-electron chi connectivity index (χ2n) is 15.7. The number of nitrogens with zero attached hydrogens (tertiary/aromatic N) is 3. The molecule has 0 saturated heterocycles. The number of fused-ring (bicyclic) bond motifs is 9. The number of aromatic nitrogens is 3. The van der Waals surface area contributed by atoms with Crippen molar-refractivity contribution in [2.45, 2.75) is 0 Å². The average Bonchev–Trinajstić information content (AvgIpc) is 3.68. The fourth-order valence-corrected chi connectivity index (χ4v) is 9.41. The Morgan fingerprint density at radius 1 is 0.279 bits per heavy atom. The van der Waals surface area contributed by atoms with Gasteiger partial charge in [-0.1, -0.05) is 194 Å². The van der Waals surface area contributed by atoms with Gasteiger partial charge in [0, 0.05) is 33.2 Å². The second-order valence-corrected chi connectivity index (χ2v) is 15.7. The summed E-state index contributed by atoms with van der Waals surface area (Å²) in [6.45, 7) is 0. The molecule has 284 valence electrons. The number of hydrogen-bond acceptors (Lipinski definition) is 2. The van der Waals surface area contributed by atoms with Crippen LogP contribution in [0.1, 0.15) is 0 Å². The third-order valence-corrected chi connectivity index (χ3v) is 12.2. The van der Waals surface area contributed by atoms with Crippen LogP contribution in [0.25, 0.3) is 116 Å². The Labute approximate surface area is 353 Å². The van der Waals surface area contributed by atoms with E-state index in [1.54, 1.807) is 0 Å². The van der Waals surface area contributed by atoms with E-state index in [4.69, 9.17) is 9.97 Å². The van der Waals surface area contributed by atoms with Crippen LogP contribution in [-0.2, 0) is 0 Å². The molecule has 0 aliphatic rings. The van der Waals surface area contributed by atoms with Gasteiger partial charge in [-0.05, 0) is 84.9 Å². The van der Waals surface area contributed by atoms with Gasteiger partial charge in [-0.2, -0.15) is 0 Å². The zero-order valence-electron chi connectivity index (χ0n) is 33.2. The van der Waals surface area contributed by atoms with Gasteiger partial charge < -0.3 is 4.57 Å². The lowest BCUT2D eigenvalue weighted by atomic mass is 9.87. The van der Waals surface area contributed by atoms with Crippen LogP contribution in [0.4, 0.5) is 0 Å². The molecular weight excluding hydrogens is 739 g/mol. The highest BCUT2D eigenvalue weighted by Crippen LogP contribution is 2.45. The first kappa shape index (κ1) is 34.9. The molecule has 0 aliphatic heterocycles. The lowest BCUT2D eigenvalue weighted by Crippen LogP contribution is -1.99. The summed E-state index contributed by atoms with van der Waals surface area (Å²) in [5, 5.41) is 9.75. The molecule has 0 fully saturated rings. The lowest BCUT2D eigenvalue weighted by molar-refractivity contribution is 1.18. The van der Waals surface area contributed by atoms with Crippen LogP contribution >= 0.6 is 0 Å². The van der Waals surface area contributed by atoms with Crippen molar-refractivity contribution in [1.82, 2.24) is 14.5 Å². The first-order valence-electron chi connectivity index (χ1n) is 20.8. The summed E-state index contributed by atoms with van der Waals surface area (Å²) in [7, 11) is 0. The van der Waals surface area contributed by atoms with Gasteiger partial charge in [0.25, 0.3) is 0 Å². The quantitative estimate of drug-likeness (QED) is 0.158. The van der Waals surface area contributed by atoms with Gasteiger partial charge in [0.2, 0.25) is 0 Å². The molecule has 0 atom stereocenters. The number of hydrogen-bond donors (Lipinski definition) is 0. The van der Waals surface area contributed by atoms with Crippen LogP contribution in [0.2, 0.25) is 0 Å². The standard InChI is InChI=1S/C58H37N3/c1-4-18-38(19-5-1)41-32-33-48-47-28-16-17-31-55(47)61(56(48)34-41)42-35-51-45-26-11-10-24-43(45)44-25-12-14-29-49(44)57(51)52(36-42)46-27-13-15-30-50(46)58-59-53(39-20-6-2-7-21-39)37-54(60-58)40-22-8-3-9-23-40/h1-37H. The van der Waals surface area contributed by atoms with Crippen molar-refractivity contribution in [2.24, 2.45) is 0 Å². The SMILES string of the molecule is c1ccc(-c2ccc3c4ccccc4n(-c4cc(-c5ccccc5-c5nc(-c6ccccc6)cc(-c6ccccc6)n5)c5c6ccccc6c6ccccc6c5c4)c3c2)cc1. The molecule has 12 aromatic rings. The summed E-state index contributed by atoms with van der Waals surface area (Å²) in [6, 6.07) is 80.5. The van der Waals surface area contributed by atoms with Crippen LogP contribution in [0.5, 0.6) is 0 Å². The Morgan fingerprint density at radius 2 is 0.770 bits per heavy atom. The zero-order chi connectivity index (χ0) is 40.3. The predicted octanol–water partition coefficient (Wildman–Crippen LogP) is 15.4. The molecule has 0 amide bonds. The Hall–Kier alpha value is -8.14. The van der Waals surface area contributed by atoms with E-state index in [-0.39, 0.29) is 0 Å². The molecular formula is C58H37N3. The molecule has 0 spiro atoms. The molecule has 12 rings (SSSR count). The molecule has 0 radical (unpaired) electrons. The molecule has 0 aliphatic carbocycles. The Kier molecular flexibility index (Phi) is 8.17. The lowest BCUT2D eigenvalue weighted by Gasteiger charge is -2.19. The number of rotatable bonds is 6. The van der Waals surface area contributed by atoms with Crippen molar-refractivity contribution < 1.29 is 0 Å². The van der Waals surface area contributed by atoms with E-state index < -0.39 is 0 Å². The van der Waals surface area contributed by atoms with Gasteiger partial charge in [0.05, 0.1) is 22.4 Å². The molecule has 0 saturated carbocycles. The highest BCUT2D eigenvalue weighted by atomic mass is 15.0. The normalized spacial score (nSPS) is 11.6. The Bertz CT molecular complexity index is 3570. The molecule has 2 aromatic heterocycles. The van der Waals surface area contributed by atoms with Crippen molar-refractivity contribution >= 4 is 54.1 Å². The topological polar surface area (TPSA) is 30.7 Å². The molecule has 0 bridgehead atoms. The maximum Gasteiger partial charge on any atom is 0.161 e. The maximum atomic E-state index is 5.35. The monoisotopic (exact) mass is 775 g/mol.